The number of nitrogens with zero attached hydrogens (tertiary/aromatic N) is 8. The fraction of sp³-hybridized carbons (Fsp3) is 0.444. The zero-order valence-corrected chi connectivity index (χ0v) is 31.4. The molecule has 2 aromatic heterocycles. The van der Waals surface area contributed by atoms with Crippen LogP contribution in [0.3, 0.4) is 0 Å². The summed E-state index contributed by atoms with van der Waals surface area (Å²) in [5, 5.41) is 21.6. The molecular formula is C36H46ClN10O2P. The van der Waals surface area contributed by atoms with E-state index in [1.54, 1.807) is 38.4 Å². The summed E-state index contributed by atoms with van der Waals surface area (Å²) in [6.07, 6.45) is 6.37. The zero-order valence-electron chi connectivity index (χ0n) is 29.7. The second-order valence-corrected chi connectivity index (χ2v) is 17.1. The van der Waals surface area contributed by atoms with Crippen molar-refractivity contribution in [3.8, 4) is 23.1 Å². The molecule has 0 bridgehead atoms. The Morgan fingerprint density at radius 1 is 1.04 bits per heavy atom. The van der Waals surface area contributed by atoms with Crippen LogP contribution in [0.1, 0.15) is 30.9 Å². The number of nitrogens with one attached hydrogen (secondary N) is 2. The molecule has 0 atom stereocenters. The van der Waals surface area contributed by atoms with Crippen LogP contribution < -0.4 is 25.6 Å². The number of hydrogen-bond acceptors (Lipinski definition) is 11. The average Bonchev–Trinajstić information content (AvgIpc) is 3.50. The summed E-state index contributed by atoms with van der Waals surface area (Å²) >= 11 is 6.60. The first-order valence-corrected chi connectivity index (χ1v) is 20.0. The maximum absolute atomic E-state index is 13.5. The number of benzene rings is 2. The SMILES string of the molecule is CCc1cc(Nc2ncc(Cl)c(Nc3ccc(-c4nn(C)cc4C#N)cc3P(C)(C)=O)n2)c(OC)cc1N1CCC(N2CCN(C)CC2)CC1. The molecule has 2 N–H and O–H groups in total. The molecule has 0 amide bonds. The fourth-order valence-corrected chi connectivity index (χ4v) is 8.19. The maximum atomic E-state index is 13.5. The quantitative estimate of drug-likeness (QED) is 0.190. The Bertz CT molecular complexity index is 1940. The normalized spacial score (nSPS) is 16.3. The van der Waals surface area contributed by atoms with Crippen molar-refractivity contribution in [1.29, 1.82) is 5.26 Å². The van der Waals surface area contributed by atoms with Gasteiger partial charge in [-0.2, -0.15) is 15.3 Å². The number of likely N-dealkylation sites (N-methyl/N-ethyl adjacent to an activating group) is 1. The largest absolute Gasteiger partial charge is 0.494 e. The van der Waals surface area contributed by atoms with E-state index in [0.29, 0.717) is 56.4 Å². The van der Waals surface area contributed by atoms with Crippen LogP contribution in [0.25, 0.3) is 11.3 Å². The van der Waals surface area contributed by atoms with Crippen LogP contribution in [0.15, 0.2) is 42.7 Å². The van der Waals surface area contributed by atoms with Crippen molar-refractivity contribution in [2.45, 2.75) is 32.2 Å². The molecule has 0 unspecified atom stereocenters. The number of piperazine rings is 1. The topological polar surface area (TPSA) is 127 Å². The second-order valence-electron chi connectivity index (χ2n) is 13.5. The standard InChI is InChI=1S/C36H46ClN10O2P/c1-7-24-18-30(32(49-4)20-31(24)47-12-10-27(11-13-47)46-16-14-44(2)15-17-46)41-36-39-22-28(37)35(42-36)40-29-9-8-25(19-33(29)50(5,6)48)34-26(21-38)23-45(3)43-34/h8-9,18-20,22-23,27H,7,10-17H2,1-6H3,(H2,39,40,41,42). The van der Waals surface area contributed by atoms with Gasteiger partial charge in [0.25, 0.3) is 0 Å². The van der Waals surface area contributed by atoms with E-state index < -0.39 is 7.14 Å². The van der Waals surface area contributed by atoms with E-state index in [0.717, 1.165) is 64.2 Å². The Morgan fingerprint density at radius 3 is 2.44 bits per heavy atom. The number of aromatic nitrogens is 4. The van der Waals surface area contributed by atoms with E-state index in [1.807, 2.05) is 18.2 Å². The number of ether oxygens (including phenoxy) is 1. The molecule has 12 nitrogen and oxygen atoms in total. The van der Waals surface area contributed by atoms with E-state index in [1.165, 1.54) is 17.4 Å². The van der Waals surface area contributed by atoms with E-state index in [4.69, 9.17) is 21.3 Å². The van der Waals surface area contributed by atoms with Gasteiger partial charge in [0.05, 0.1) is 30.2 Å². The van der Waals surface area contributed by atoms with Gasteiger partial charge < -0.3 is 29.7 Å². The van der Waals surface area contributed by atoms with Gasteiger partial charge in [-0.1, -0.05) is 24.6 Å². The van der Waals surface area contributed by atoms with Gasteiger partial charge in [0.1, 0.15) is 29.7 Å². The van der Waals surface area contributed by atoms with Crippen molar-refractivity contribution in [3.63, 3.8) is 0 Å². The molecule has 0 aliphatic carbocycles. The highest BCUT2D eigenvalue weighted by Gasteiger charge is 2.28. The number of piperidine rings is 1. The highest BCUT2D eigenvalue weighted by atomic mass is 35.5. The lowest BCUT2D eigenvalue weighted by Crippen LogP contribution is -2.52. The Balaban J connectivity index is 1.22. The van der Waals surface area contributed by atoms with Gasteiger partial charge in [-0.05, 0) is 63.4 Å². The van der Waals surface area contributed by atoms with Gasteiger partial charge in [0, 0.05) is 81.2 Å². The molecule has 2 fully saturated rings. The first-order valence-electron chi connectivity index (χ1n) is 17.1. The molecule has 2 saturated heterocycles. The molecule has 0 radical (unpaired) electrons. The smallest absolute Gasteiger partial charge is 0.229 e. The summed E-state index contributed by atoms with van der Waals surface area (Å²) in [4.78, 5) is 16.8. The third kappa shape index (κ3) is 7.77. The van der Waals surface area contributed by atoms with Gasteiger partial charge in [-0.3, -0.25) is 9.58 Å². The maximum Gasteiger partial charge on any atom is 0.229 e. The van der Waals surface area contributed by atoms with Crippen LogP contribution in [0.5, 0.6) is 5.75 Å². The molecule has 6 rings (SSSR count). The molecule has 0 spiro atoms. The molecular weight excluding hydrogens is 671 g/mol. The van der Waals surface area contributed by atoms with E-state index in [9.17, 15) is 9.83 Å². The monoisotopic (exact) mass is 716 g/mol. The van der Waals surface area contributed by atoms with Crippen molar-refractivity contribution >= 4 is 52.9 Å². The van der Waals surface area contributed by atoms with Crippen molar-refractivity contribution < 1.29 is 9.30 Å². The predicted octanol–water partition coefficient (Wildman–Crippen LogP) is 5.92. The average molecular weight is 717 g/mol. The fourth-order valence-electron chi connectivity index (χ4n) is 6.89. The van der Waals surface area contributed by atoms with Gasteiger partial charge in [0.2, 0.25) is 5.95 Å². The van der Waals surface area contributed by atoms with Crippen LogP contribution in [-0.2, 0) is 18.0 Å². The van der Waals surface area contributed by atoms with Crippen molar-refractivity contribution in [1.82, 2.24) is 29.5 Å². The minimum atomic E-state index is -2.80. The summed E-state index contributed by atoms with van der Waals surface area (Å²) in [5.41, 5.74) is 5.45. The Kier molecular flexibility index (Phi) is 10.7. The highest BCUT2D eigenvalue weighted by Crippen LogP contribution is 2.41. The number of nitriles is 1. The first kappa shape index (κ1) is 35.7. The summed E-state index contributed by atoms with van der Waals surface area (Å²) in [5.74, 6) is 1.39. The third-order valence-corrected chi connectivity index (χ3v) is 11.5. The van der Waals surface area contributed by atoms with Gasteiger partial charge in [0.15, 0.2) is 5.82 Å². The lowest BCUT2D eigenvalue weighted by molar-refractivity contribution is 0.0982. The van der Waals surface area contributed by atoms with Crippen molar-refractivity contribution in [3.05, 3.63) is 58.9 Å². The molecule has 2 aliphatic rings. The van der Waals surface area contributed by atoms with Crippen LogP contribution >= 0.6 is 18.7 Å². The number of rotatable bonds is 10. The Morgan fingerprint density at radius 2 is 1.78 bits per heavy atom. The minimum absolute atomic E-state index is 0.306. The number of halogens is 1. The predicted molar refractivity (Wildman–Crippen MR) is 203 cm³/mol. The second kappa shape index (κ2) is 15.0. The lowest BCUT2D eigenvalue weighted by atomic mass is 9.99. The molecule has 50 heavy (non-hydrogen) atoms. The number of anilines is 5. The van der Waals surface area contributed by atoms with Gasteiger partial charge in [-0.25, -0.2) is 4.98 Å². The Hall–Kier alpha value is -4.14. The van der Waals surface area contributed by atoms with Crippen LogP contribution in [-0.4, -0.2) is 102 Å². The van der Waals surface area contributed by atoms with Crippen LogP contribution in [0, 0.1) is 11.3 Å². The number of methoxy groups -OCH3 is 1. The molecule has 2 aliphatic heterocycles. The summed E-state index contributed by atoms with van der Waals surface area (Å²) in [7, 11) is 2.85. The molecule has 4 aromatic rings. The molecule has 0 saturated carbocycles. The van der Waals surface area contributed by atoms with Crippen molar-refractivity contribution in [2.24, 2.45) is 7.05 Å². The third-order valence-electron chi connectivity index (χ3n) is 9.69. The molecule has 14 heteroatoms. The van der Waals surface area contributed by atoms with Crippen LogP contribution in [0.4, 0.5) is 28.8 Å². The highest BCUT2D eigenvalue weighted by molar-refractivity contribution is 7.70. The molecule has 4 heterocycles. The van der Waals surface area contributed by atoms with Crippen LogP contribution in [0.2, 0.25) is 5.02 Å². The molecule has 2 aromatic carbocycles. The van der Waals surface area contributed by atoms with E-state index >= 15 is 0 Å². The summed E-state index contributed by atoms with van der Waals surface area (Å²) in [6, 6.07) is 12.5. The number of aryl methyl sites for hydroxylation is 2. The minimum Gasteiger partial charge on any atom is -0.494 e. The number of hydrogen-bond donors (Lipinski definition) is 2. The summed E-state index contributed by atoms with van der Waals surface area (Å²) in [6.45, 7) is 12.2. The lowest BCUT2D eigenvalue weighted by Gasteiger charge is -2.43. The summed E-state index contributed by atoms with van der Waals surface area (Å²) < 4.78 is 21.0. The molecule has 264 valence electrons. The first-order chi connectivity index (χ1) is 24.0. The Labute approximate surface area is 299 Å². The zero-order chi connectivity index (χ0) is 35.6. The van der Waals surface area contributed by atoms with Gasteiger partial charge >= 0.3 is 0 Å². The van der Waals surface area contributed by atoms with E-state index in [2.05, 4.69) is 67.6 Å². The van der Waals surface area contributed by atoms with Gasteiger partial charge in [-0.15, -0.1) is 0 Å². The van der Waals surface area contributed by atoms with Crippen molar-refractivity contribution in [2.75, 3.05) is 82.3 Å². The van der Waals surface area contributed by atoms with E-state index in [-0.39, 0.29) is 0 Å².